The van der Waals surface area contributed by atoms with Crippen molar-refractivity contribution in [2.75, 3.05) is 0 Å². The van der Waals surface area contributed by atoms with Crippen LogP contribution in [0.4, 0.5) is 4.39 Å². The van der Waals surface area contributed by atoms with Gasteiger partial charge in [-0.2, -0.15) is 0 Å². The summed E-state index contributed by atoms with van der Waals surface area (Å²) < 4.78 is 13.6. The first kappa shape index (κ1) is 12.0. The molecule has 0 unspecified atom stereocenters. The molecule has 0 atom stereocenters. The van der Waals surface area contributed by atoms with Crippen molar-refractivity contribution < 1.29 is 14.3 Å². The number of benzene rings is 2. The largest absolute Gasteiger partial charge is 0.478 e. The summed E-state index contributed by atoms with van der Waals surface area (Å²) in [6.07, 6.45) is 2.53. The van der Waals surface area contributed by atoms with Gasteiger partial charge < -0.3 is 5.11 Å². The third kappa shape index (κ3) is 2.83. The topological polar surface area (TPSA) is 37.3 Å². The maximum Gasteiger partial charge on any atom is 0.328 e. The molecule has 2 aromatic carbocycles. The third-order valence-corrected chi connectivity index (χ3v) is 2.49. The molecule has 0 bridgehead atoms. The highest BCUT2D eigenvalue weighted by molar-refractivity contribution is 5.85. The van der Waals surface area contributed by atoms with E-state index in [0.717, 1.165) is 17.2 Å². The van der Waals surface area contributed by atoms with E-state index in [0.29, 0.717) is 5.56 Å². The van der Waals surface area contributed by atoms with Crippen molar-refractivity contribution in [2.45, 2.75) is 0 Å². The average Bonchev–Trinajstić information content (AvgIpc) is 2.37. The normalized spacial score (nSPS) is 10.7. The predicted octanol–water partition coefficient (Wildman–Crippen LogP) is 3.59. The Balaban J connectivity index is 2.39. The van der Waals surface area contributed by atoms with Gasteiger partial charge in [0.15, 0.2) is 0 Å². The minimum atomic E-state index is -1.01. The Morgan fingerprint density at radius 3 is 2.61 bits per heavy atom. The Bertz CT molecular complexity index is 603. The van der Waals surface area contributed by atoms with E-state index in [-0.39, 0.29) is 5.82 Å². The zero-order valence-electron chi connectivity index (χ0n) is 9.51. The van der Waals surface area contributed by atoms with Gasteiger partial charge in [-0.1, -0.05) is 36.4 Å². The van der Waals surface area contributed by atoms with Crippen LogP contribution < -0.4 is 0 Å². The van der Waals surface area contributed by atoms with Gasteiger partial charge in [0.1, 0.15) is 5.82 Å². The Kier molecular flexibility index (Phi) is 3.53. The molecule has 0 fully saturated rings. The molecule has 0 aliphatic rings. The Morgan fingerprint density at radius 1 is 1.11 bits per heavy atom. The van der Waals surface area contributed by atoms with Crippen LogP contribution in [0.2, 0.25) is 0 Å². The molecule has 3 heteroatoms. The van der Waals surface area contributed by atoms with Gasteiger partial charge in [-0.3, -0.25) is 0 Å². The van der Waals surface area contributed by atoms with Gasteiger partial charge >= 0.3 is 5.97 Å². The van der Waals surface area contributed by atoms with Gasteiger partial charge in [0.25, 0.3) is 0 Å². The highest BCUT2D eigenvalue weighted by atomic mass is 19.1. The van der Waals surface area contributed by atoms with E-state index in [4.69, 9.17) is 5.11 Å². The van der Waals surface area contributed by atoms with E-state index in [1.165, 1.54) is 12.1 Å². The fraction of sp³-hybridized carbons (Fsp3) is 0. The standard InChI is InChI=1S/C15H11FO2/c16-14-7-2-1-6-13(14)12-5-3-4-11(10-12)8-9-15(17)18/h1-10H,(H,17,18)/b9-8+. The van der Waals surface area contributed by atoms with Crippen LogP contribution in [0.1, 0.15) is 5.56 Å². The van der Waals surface area contributed by atoms with Crippen molar-refractivity contribution in [2.24, 2.45) is 0 Å². The molecular weight excluding hydrogens is 231 g/mol. The molecule has 2 nitrogen and oxygen atoms in total. The molecule has 0 spiro atoms. The van der Waals surface area contributed by atoms with Crippen LogP contribution in [0, 0.1) is 5.82 Å². The second-order valence-electron chi connectivity index (χ2n) is 3.78. The number of hydrogen-bond acceptors (Lipinski definition) is 1. The first-order chi connectivity index (χ1) is 8.66. The quantitative estimate of drug-likeness (QED) is 0.835. The number of carbonyl (C=O) groups is 1. The first-order valence-corrected chi connectivity index (χ1v) is 5.43. The van der Waals surface area contributed by atoms with Crippen molar-refractivity contribution in [3.8, 4) is 11.1 Å². The Labute approximate surface area is 104 Å². The SMILES string of the molecule is O=C(O)/C=C/c1cccc(-c2ccccc2F)c1. The molecule has 0 aromatic heterocycles. The van der Waals surface area contributed by atoms with E-state index in [1.807, 2.05) is 0 Å². The maximum atomic E-state index is 13.6. The molecule has 0 saturated heterocycles. The zero-order valence-corrected chi connectivity index (χ0v) is 9.51. The van der Waals surface area contributed by atoms with Gasteiger partial charge in [0.05, 0.1) is 0 Å². The van der Waals surface area contributed by atoms with Crippen molar-refractivity contribution in [3.05, 3.63) is 66.0 Å². The van der Waals surface area contributed by atoms with Crippen LogP contribution in [-0.2, 0) is 4.79 Å². The Morgan fingerprint density at radius 2 is 1.89 bits per heavy atom. The highest BCUT2D eigenvalue weighted by Gasteiger charge is 2.03. The smallest absolute Gasteiger partial charge is 0.328 e. The maximum absolute atomic E-state index is 13.6. The number of hydrogen-bond donors (Lipinski definition) is 1. The summed E-state index contributed by atoms with van der Waals surface area (Å²) in [4.78, 5) is 10.4. The molecule has 90 valence electrons. The third-order valence-electron chi connectivity index (χ3n) is 2.49. The second-order valence-corrected chi connectivity index (χ2v) is 3.78. The highest BCUT2D eigenvalue weighted by Crippen LogP contribution is 2.23. The summed E-state index contributed by atoms with van der Waals surface area (Å²) in [7, 11) is 0. The molecule has 0 aliphatic carbocycles. The summed E-state index contributed by atoms with van der Waals surface area (Å²) in [6, 6.07) is 13.6. The molecule has 0 amide bonds. The van der Waals surface area contributed by atoms with Crippen LogP contribution in [0.15, 0.2) is 54.6 Å². The molecule has 1 N–H and O–H groups in total. The lowest BCUT2D eigenvalue weighted by Crippen LogP contribution is -1.87. The molecule has 2 aromatic rings. The van der Waals surface area contributed by atoms with E-state index in [9.17, 15) is 9.18 Å². The van der Waals surface area contributed by atoms with Crippen LogP contribution >= 0.6 is 0 Å². The number of aliphatic carboxylic acids is 1. The lowest BCUT2D eigenvalue weighted by molar-refractivity contribution is -0.131. The van der Waals surface area contributed by atoms with Gasteiger partial charge in [0.2, 0.25) is 0 Å². The molecule has 0 aliphatic heterocycles. The average molecular weight is 242 g/mol. The number of rotatable bonds is 3. The van der Waals surface area contributed by atoms with Gasteiger partial charge in [-0.05, 0) is 29.3 Å². The lowest BCUT2D eigenvalue weighted by atomic mass is 10.0. The minimum Gasteiger partial charge on any atom is -0.478 e. The van der Waals surface area contributed by atoms with Crippen LogP contribution in [-0.4, -0.2) is 11.1 Å². The van der Waals surface area contributed by atoms with Crippen LogP contribution in [0.5, 0.6) is 0 Å². The van der Waals surface area contributed by atoms with E-state index < -0.39 is 5.97 Å². The minimum absolute atomic E-state index is 0.295. The summed E-state index contributed by atoms with van der Waals surface area (Å²) >= 11 is 0. The van der Waals surface area contributed by atoms with E-state index in [1.54, 1.807) is 42.5 Å². The van der Waals surface area contributed by atoms with Crippen LogP contribution in [0.25, 0.3) is 17.2 Å². The monoisotopic (exact) mass is 242 g/mol. The lowest BCUT2D eigenvalue weighted by Gasteiger charge is -2.04. The van der Waals surface area contributed by atoms with E-state index in [2.05, 4.69) is 0 Å². The fourth-order valence-electron chi connectivity index (χ4n) is 1.67. The molecule has 0 saturated carbocycles. The van der Waals surface area contributed by atoms with Gasteiger partial charge in [-0.15, -0.1) is 0 Å². The summed E-state index contributed by atoms with van der Waals surface area (Å²) in [5, 5.41) is 8.56. The Hall–Kier alpha value is -2.42. The van der Waals surface area contributed by atoms with Crippen molar-refractivity contribution in [1.29, 1.82) is 0 Å². The van der Waals surface area contributed by atoms with Gasteiger partial charge in [0, 0.05) is 11.6 Å². The molecule has 2 rings (SSSR count). The summed E-state index contributed by atoms with van der Waals surface area (Å²) in [5.41, 5.74) is 1.95. The first-order valence-electron chi connectivity index (χ1n) is 5.43. The summed E-state index contributed by atoms with van der Waals surface area (Å²) in [6.45, 7) is 0. The predicted molar refractivity (Wildman–Crippen MR) is 68.5 cm³/mol. The van der Waals surface area contributed by atoms with Gasteiger partial charge in [-0.25, -0.2) is 9.18 Å². The van der Waals surface area contributed by atoms with Crippen molar-refractivity contribution in [3.63, 3.8) is 0 Å². The van der Waals surface area contributed by atoms with Crippen molar-refractivity contribution >= 4 is 12.0 Å². The van der Waals surface area contributed by atoms with Crippen LogP contribution in [0.3, 0.4) is 0 Å². The summed E-state index contributed by atoms with van der Waals surface area (Å²) in [5.74, 6) is -1.30. The molecule has 18 heavy (non-hydrogen) atoms. The molecular formula is C15H11FO2. The van der Waals surface area contributed by atoms with Crippen molar-refractivity contribution in [1.82, 2.24) is 0 Å². The number of carboxylic acids is 1. The number of halogens is 1. The number of carboxylic acid groups (broad SMARTS) is 1. The molecule has 0 heterocycles. The zero-order chi connectivity index (χ0) is 13.0. The van der Waals surface area contributed by atoms with E-state index >= 15 is 0 Å². The fourth-order valence-corrected chi connectivity index (χ4v) is 1.67. The second kappa shape index (κ2) is 5.27. The molecule has 0 radical (unpaired) electrons.